The van der Waals surface area contributed by atoms with Gasteiger partial charge in [0.15, 0.2) is 0 Å². The molecule has 2 aromatic carbocycles. The summed E-state index contributed by atoms with van der Waals surface area (Å²) in [5.74, 6) is -0.462. The van der Waals surface area contributed by atoms with Crippen LogP contribution in [0.15, 0.2) is 42.5 Å². The van der Waals surface area contributed by atoms with Crippen LogP contribution >= 0.6 is 23.2 Å². The van der Waals surface area contributed by atoms with Crippen LogP contribution in [-0.2, 0) is 9.53 Å². The zero-order chi connectivity index (χ0) is 19.1. The normalized spacial score (nSPS) is 14.8. The predicted molar refractivity (Wildman–Crippen MR) is 111 cm³/mol. The second-order valence-corrected chi connectivity index (χ2v) is 7.77. The molecule has 0 saturated carbocycles. The van der Waals surface area contributed by atoms with Crippen LogP contribution in [0.1, 0.15) is 39.3 Å². The molecule has 2 amide bonds. The molecule has 4 nitrogen and oxygen atoms in total. The van der Waals surface area contributed by atoms with Crippen LogP contribution < -0.4 is 4.90 Å². The quantitative estimate of drug-likeness (QED) is 0.511. The minimum Gasteiger partial charge on any atom is -0.443 e. The molecule has 0 spiro atoms. The van der Waals surface area contributed by atoms with Gasteiger partial charge in [0.1, 0.15) is 5.60 Å². The van der Waals surface area contributed by atoms with E-state index in [1.165, 1.54) is 0 Å². The average Bonchev–Trinajstić information content (AvgIpc) is 2.77. The summed E-state index contributed by atoms with van der Waals surface area (Å²) < 4.78 is 5.38. The first-order valence-electron chi connectivity index (χ1n) is 8.00. The number of anilines is 1. The Morgan fingerprint density at radius 1 is 1.07 bits per heavy atom. The van der Waals surface area contributed by atoms with E-state index < -0.39 is 17.6 Å². The van der Waals surface area contributed by atoms with Gasteiger partial charge in [0.05, 0.1) is 11.3 Å². The number of amides is 2. The SMILES string of the molecule is C.CC(C)(C)OC(=O)N1C(=O)C(=Cc2cccc(Cl)c2)c2ccc(Cl)cc21. The highest BCUT2D eigenvalue weighted by atomic mass is 35.5. The van der Waals surface area contributed by atoms with Gasteiger partial charge in [-0.1, -0.05) is 48.8 Å². The number of fused-ring (bicyclic) bond motifs is 1. The summed E-state index contributed by atoms with van der Waals surface area (Å²) in [7, 11) is 0. The lowest BCUT2D eigenvalue weighted by atomic mass is 10.0. The summed E-state index contributed by atoms with van der Waals surface area (Å²) in [4.78, 5) is 26.6. The van der Waals surface area contributed by atoms with E-state index in [2.05, 4.69) is 0 Å². The highest BCUT2D eigenvalue weighted by Gasteiger charge is 2.39. The van der Waals surface area contributed by atoms with Crippen LogP contribution in [0.25, 0.3) is 11.6 Å². The van der Waals surface area contributed by atoms with Crippen molar-refractivity contribution < 1.29 is 14.3 Å². The van der Waals surface area contributed by atoms with Gasteiger partial charge >= 0.3 is 6.09 Å². The van der Waals surface area contributed by atoms with E-state index in [1.54, 1.807) is 63.2 Å². The predicted octanol–water partition coefficient (Wildman–Crippen LogP) is 6.45. The Bertz CT molecular complexity index is 929. The first kappa shape index (κ1) is 21.0. The number of ether oxygens (including phenoxy) is 1. The van der Waals surface area contributed by atoms with Gasteiger partial charge in [0.2, 0.25) is 0 Å². The molecule has 0 aromatic heterocycles. The second-order valence-electron chi connectivity index (χ2n) is 6.90. The van der Waals surface area contributed by atoms with Crippen molar-refractivity contribution in [3.8, 4) is 0 Å². The number of halogens is 2. The molecule has 142 valence electrons. The Hall–Kier alpha value is -2.30. The smallest absolute Gasteiger partial charge is 0.422 e. The number of rotatable bonds is 1. The van der Waals surface area contributed by atoms with Crippen LogP contribution in [0.3, 0.4) is 0 Å². The molecule has 0 bridgehead atoms. The molecule has 3 rings (SSSR count). The van der Waals surface area contributed by atoms with Crippen molar-refractivity contribution in [1.82, 2.24) is 0 Å². The van der Waals surface area contributed by atoms with Gasteiger partial charge in [-0.2, -0.15) is 0 Å². The van der Waals surface area contributed by atoms with Gasteiger partial charge in [0, 0.05) is 15.6 Å². The molecule has 0 atom stereocenters. The Labute approximate surface area is 169 Å². The van der Waals surface area contributed by atoms with Gasteiger partial charge in [0.25, 0.3) is 5.91 Å². The maximum Gasteiger partial charge on any atom is 0.422 e. The van der Waals surface area contributed by atoms with E-state index in [9.17, 15) is 9.59 Å². The molecule has 1 aliphatic rings. The third-order valence-corrected chi connectivity index (χ3v) is 4.13. The monoisotopic (exact) mass is 405 g/mol. The molecular formula is C21H21Cl2NO3. The standard InChI is InChI=1S/C20H17Cl2NO3.CH4/c1-20(2,3)26-19(25)23-17-11-14(22)7-8-15(17)16(18(23)24)10-12-5-4-6-13(21)9-12;/h4-11H,1-3H3;1H4. The zero-order valence-corrected chi connectivity index (χ0v) is 16.1. The summed E-state index contributed by atoms with van der Waals surface area (Å²) in [6.45, 7) is 5.23. The molecule has 0 N–H and O–H groups in total. The van der Waals surface area contributed by atoms with Crippen molar-refractivity contribution in [1.29, 1.82) is 0 Å². The number of hydrogen-bond acceptors (Lipinski definition) is 3. The average molecular weight is 406 g/mol. The lowest BCUT2D eigenvalue weighted by Gasteiger charge is -2.23. The highest BCUT2D eigenvalue weighted by Crippen LogP contribution is 2.40. The minimum absolute atomic E-state index is 0. The third kappa shape index (κ3) is 4.52. The zero-order valence-electron chi connectivity index (χ0n) is 14.5. The minimum atomic E-state index is -0.736. The lowest BCUT2D eigenvalue weighted by Crippen LogP contribution is -2.38. The van der Waals surface area contributed by atoms with Crippen molar-refractivity contribution >= 4 is 52.5 Å². The van der Waals surface area contributed by atoms with Crippen molar-refractivity contribution in [3.63, 3.8) is 0 Å². The van der Waals surface area contributed by atoms with Gasteiger partial charge in [-0.15, -0.1) is 0 Å². The van der Waals surface area contributed by atoms with E-state index in [0.29, 0.717) is 26.9 Å². The first-order valence-corrected chi connectivity index (χ1v) is 8.76. The molecule has 6 heteroatoms. The van der Waals surface area contributed by atoms with Gasteiger partial charge in [-0.3, -0.25) is 4.79 Å². The number of nitrogens with zero attached hydrogens (tertiary/aromatic N) is 1. The van der Waals surface area contributed by atoms with E-state index in [1.807, 2.05) is 6.07 Å². The van der Waals surface area contributed by atoms with Gasteiger partial charge < -0.3 is 4.74 Å². The van der Waals surface area contributed by atoms with Crippen molar-refractivity contribution in [2.75, 3.05) is 4.90 Å². The molecule has 0 unspecified atom stereocenters. The molecule has 1 heterocycles. The fourth-order valence-electron chi connectivity index (χ4n) is 2.65. The van der Waals surface area contributed by atoms with E-state index in [-0.39, 0.29) is 7.43 Å². The molecular weight excluding hydrogens is 385 g/mol. The van der Waals surface area contributed by atoms with Crippen LogP contribution in [0.4, 0.5) is 10.5 Å². The molecule has 0 fully saturated rings. The number of benzene rings is 2. The van der Waals surface area contributed by atoms with Crippen LogP contribution in [-0.4, -0.2) is 17.6 Å². The maximum absolute atomic E-state index is 13.0. The van der Waals surface area contributed by atoms with Gasteiger partial charge in [-0.25, -0.2) is 9.69 Å². The molecule has 0 radical (unpaired) electrons. The van der Waals surface area contributed by atoms with Crippen molar-refractivity contribution in [3.05, 3.63) is 63.6 Å². The number of hydrogen-bond donors (Lipinski definition) is 0. The maximum atomic E-state index is 13.0. The van der Waals surface area contributed by atoms with E-state index in [0.717, 1.165) is 10.5 Å². The topological polar surface area (TPSA) is 46.6 Å². The first-order chi connectivity index (χ1) is 12.2. The Kier molecular flexibility index (Phi) is 6.03. The molecule has 1 aliphatic heterocycles. The van der Waals surface area contributed by atoms with Crippen molar-refractivity contribution in [2.24, 2.45) is 0 Å². The van der Waals surface area contributed by atoms with Crippen LogP contribution in [0, 0.1) is 0 Å². The fraction of sp³-hybridized carbons (Fsp3) is 0.238. The third-order valence-electron chi connectivity index (χ3n) is 3.66. The fourth-order valence-corrected chi connectivity index (χ4v) is 3.02. The van der Waals surface area contributed by atoms with E-state index >= 15 is 0 Å². The number of imide groups is 1. The van der Waals surface area contributed by atoms with Crippen LogP contribution in [0.2, 0.25) is 10.0 Å². The lowest BCUT2D eigenvalue weighted by molar-refractivity contribution is -0.112. The Morgan fingerprint density at radius 2 is 1.74 bits per heavy atom. The molecule has 0 aliphatic carbocycles. The molecule has 27 heavy (non-hydrogen) atoms. The molecule has 2 aromatic rings. The summed E-state index contributed by atoms with van der Waals surface area (Å²) in [5.41, 5.74) is 1.43. The second kappa shape index (κ2) is 7.75. The summed E-state index contributed by atoms with van der Waals surface area (Å²) >= 11 is 12.1. The van der Waals surface area contributed by atoms with Crippen LogP contribution in [0.5, 0.6) is 0 Å². The highest BCUT2D eigenvalue weighted by molar-refractivity contribution is 6.42. The van der Waals surface area contributed by atoms with Gasteiger partial charge in [-0.05, 0) is 56.7 Å². The Morgan fingerprint density at radius 3 is 2.37 bits per heavy atom. The Balaban J connectivity index is 0.00000261. The number of carbonyl (C=O) groups is 2. The summed E-state index contributed by atoms with van der Waals surface area (Å²) in [6, 6.07) is 12.1. The summed E-state index contributed by atoms with van der Waals surface area (Å²) in [5, 5.41) is 0.985. The molecule has 0 saturated heterocycles. The van der Waals surface area contributed by atoms with E-state index in [4.69, 9.17) is 27.9 Å². The summed E-state index contributed by atoms with van der Waals surface area (Å²) in [6.07, 6.45) is 0.964. The largest absolute Gasteiger partial charge is 0.443 e. The number of carbonyl (C=O) groups excluding carboxylic acids is 2. The van der Waals surface area contributed by atoms with Crippen molar-refractivity contribution in [2.45, 2.75) is 33.8 Å².